The summed E-state index contributed by atoms with van der Waals surface area (Å²) in [6, 6.07) is 7.55. The largest absolute Gasteiger partial charge is 0.497 e. The van der Waals surface area contributed by atoms with E-state index in [9.17, 15) is 4.79 Å². The lowest BCUT2D eigenvalue weighted by Gasteiger charge is -2.24. The fourth-order valence-corrected chi connectivity index (χ4v) is 3.04. The van der Waals surface area contributed by atoms with Crippen LogP contribution in [0.2, 0.25) is 0 Å². The van der Waals surface area contributed by atoms with Gasteiger partial charge >= 0.3 is 6.09 Å². The van der Waals surface area contributed by atoms with Gasteiger partial charge < -0.3 is 29.7 Å². The number of nitrogens with zero attached hydrogens (tertiary/aromatic N) is 2. The average Bonchev–Trinajstić information content (AvgIpc) is 3.09. The Kier molecular flexibility index (Phi) is 7.99. The quantitative estimate of drug-likeness (QED) is 0.558. The van der Waals surface area contributed by atoms with Gasteiger partial charge in [-0.05, 0) is 58.4 Å². The normalized spacial score (nSPS) is 18.2. The zero-order valence-electron chi connectivity index (χ0n) is 18.3. The maximum Gasteiger partial charge on any atom is 0.407 e. The van der Waals surface area contributed by atoms with Crippen molar-refractivity contribution in [1.29, 1.82) is 0 Å². The minimum atomic E-state index is -0.500. The monoisotopic (exact) mass is 406 g/mol. The summed E-state index contributed by atoms with van der Waals surface area (Å²) in [7, 11) is 3.39. The molecule has 1 aromatic rings. The molecule has 1 aromatic carbocycles. The fraction of sp³-hybridized carbons (Fsp3) is 0.619. The Balaban J connectivity index is 1.77. The molecular formula is C21H34N4O4. The SMILES string of the molecule is CN=C(NCC(C)Oc1ccc(OC)cc1)N1CCC(NC(=O)OC(C)(C)C)C1. The van der Waals surface area contributed by atoms with Gasteiger partial charge in [0.15, 0.2) is 5.96 Å². The number of alkyl carbamates (subject to hydrolysis) is 1. The molecule has 1 aliphatic heterocycles. The van der Waals surface area contributed by atoms with Gasteiger partial charge in [-0.1, -0.05) is 0 Å². The number of carbonyl (C=O) groups is 1. The number of hydrogen-bond acceptors (Lipinski definition) is 5. The summed E-state index contributed by atoms with van der Waals surface area (Å²) in [6.07, 6.45) is 0.421. The average molecular weight is 407 g/mol. The number of rotatable bonds is 6. The summed E-state index contributed by atoms with van der Waals surface area (Å²) in [4.78, 5) is 18.5. The van der Waals surface area contributed by atoms with Crippen molar-refractivity contribution in [3.05, 3.63) is 24.3 Å². The highest BCUT2D eigenvalue weighted by atomic mass is 16.6. The molecule has 0 aromatic heterocycles. The van der Waals surface area contributed by atoms with Crippen LogP contribution in [0.3, 0.4) is 0 Å². The maximum absolute atomic E-state index is 12.0. The molecule has 2 atom stereocenters. The lowest BCUT2D eigenvalue weighted by Crippen LogP contribution is -2.46. The third kappa shape index (κ3) is 7.71. The minimum absolute atomic E-state index is 0.0383. The number of benzene rings is 1. The molecule has 8 nitrogen and oxygen atoms in total. The van der Waals surface area contributed by atoms with E-state index in [-0.39, 0.29) is 18.2 Å². The second kappa shape index (κ2) is 10.2. The summed E-state index contributed by atoms with van der Waals surface area (Å²) in [5.74, 6) is 2.38. The Bertz CT molecular complexity index is 685. The topological polar surface area (TPSA) is 84.4 Å². The summed E-state index contributed by atoms with van der Waals surface area (Å²) in [6.45, 7) is 9.68. The van der Waals surface area contributed by atoms with Crippen molar-refractivity contribution in [2.75, 3.05) is 33.8 Å². The predicted molar refractivity (Wildman–Crippen MR) is 114 cm³/mol. The summed E-state index contributed by atoms with van der Waals surface area (Å²) >= 11 is 0. The number of nitrogens with one attached hydrogen (secondary N) is 2. The number of amides is 1. The number of aliphatic imine (C=N–C) groups is 1. The van der Waals surface area contributed by atoms with Gasteiger partial charge in [0, 0.05) is 20.1 Å². The Labute approximate surface area is 173 Å². The van der Waals surface area contributed by atoms with Crippen LogP contribution in [0.25, 0.3) is 0 Å². The van der Waals surface area contributed by atoms with Crippen molar-refractivity contribution >= 4 is 12.1 Å². The molecule has 1 heterocycles. The minimum Gasteiger partial charge on any atom is -0.497 e. The number of hydrogen-bond donors (Lipinski definition) is 2. The molecule has 0 aliphatic carbocycles. The van der Waals surface area contributed by atoms with E-state index in [0.717, 1.165) is 30.4 Å². The second-order valence-electron chi connectivity index (χ2n) is 8.11. The molecule has 0 radical (unpaired) electrons. The molecule has 162 valence electrons. The molecule has 0 bridgehead atoms. The van der Waals surface area contributed by atoms with Gasteiger partial charge in [0.2, 0.25) is 0 Å². The molecule has 2 unspecified atom stereocenters. The van der Waals surface area contributed by atoms with E-state index in [4.69, 9.17) is 14.2 Å². The number of methoxy groups -OCH3 is 1. The smallest absolute Gasteiger partial charge is 0.407 e. The molecular weight excluding hydrogens is 372 g/mol. The first-order valence-electron chi connectivity index (χ1n) is 9.96. The number of guanidine groups is 1. The Hall–Kier alpha value is -2.64. The third-order valence-corrected chi connectivity index (χ3v) is 4.36. The van der Waals surface area contributed by atoms with Crippen LogP contribution in [0.15, 0.2) is 29.3 Å². The van der Waals surface area contributed by atoms with Gasteiger partial charge in [-0.2, -0.15) is 0 Å². The van der Waals surface area contributed by atoms with Gasteiger partial charge in [0.1, 0.15) is 23.2 Å². The summed E-state index contributed by atoms with van der Waals surface area (Å²) < 4.78 is 16.4. The number of carbonyl (C=O) groups excluding carboxylic acids is 1. The van der Waals surface area contributed by atoms with Crippen LogP contribution in [0.1, 0.15) is 34.1 Å². The van der Waals surface area contributed by atoms with Gasteiger partial charge in [-0.25, -0.2) is 4.79 Å². The van der Waals surface area contributed by atoms with Gasteiger partial charge in [0.25, 0.3) is 0 Å². The van der Waals surface area contributed by atoms with Crippen LogP contribution in [0.4, 0.5) is 4.79 Å². The highest BCUT2D eigenvalue weighted by Gasteiger charge is 2.28. The zero-order valence-corrected chi connectivity index (χ0v) is 18.3. The van der Waals surface area contributed by atoms with Gasteiger partial charge in [-0.3, -0.25) is 4.99 Å². The van der Waals surface area contributed by atoms with Gasteiger partial charge in [-0.15, -0.1) is 0 Å². The Morgan fingerprint density at radius 2 is 1.93 bits per heavy atom. The Morgan fingerprint density at radius 3 is 2.52 bits per heavy atom. The number of likely N-dealkylation sites (tertiary alicyclic amines) is 1. The third-order valence-electron chi connectivity index (χ3n) is 4.36. The van der Waals surface area contributed by atoms with Crippen LogP contribution >= 0.6 is 0 Å². The molecule has 1 fully saturated rings. The molecule has 2 rings (SSSR count). The van der Waals surface area contributed by atoms with E-state index in [2.05, 4.69) is 20.5 Å². The first kappa shape index (κ1) is 22.6. The van der Waals surface area contributed by atoms with E-state index in [0.29, 0.717) is 13.1 Å². The molecule has 1 aliphatic rings. The Morgan fingerprint density at radius 1 is 1.28 bits per heavy atom. The van der Waals surface area contributed by atoms with Crippen LogP contribution in [-0.4, -0.2) is 68.5 Å². The molecule has 2 N–H and O–H groups in total. The second-order valence-corrected chi connectivity index (χ2v) is 8.11. The molecule has 1 saturated heterocycles. The van der Waals surface area contributed by atoms with Crippen LogP contribution in [-0.2, 0) is 4.74 Å². The highest BCUT2D eigenvalue weighted by Crippen LogP contribution is 2.18. The van der Waals surface area contributed by atoms with Crippen molar-refractivity contribution in [2.24, 2.45) is 4.99 Å². The van der Waals surface area contributed by atoms with Crippen LogP contribution < -0.4 is 20.1 Å². The zero-order chi connectivity index (χ0) is 21.4. The van der Waals surface area contributed by atoms with Crippen LogP contribution in [0.5, 0.6) is 11.5 Å². The highest BCUT2D eigenvalue weighted by molar-refractivity contribution is 5.80. The van der Waals surface area contributed by atoms with Crippen molar-refractivity contribution in [2.45, 2.75) is 51.9 Å². The fourth-order valence-electron chi connectivity index (χ4n) is 3.04. The van der Waals surface area contributed by atoms with Crippen LogP contribution in [0, 0.1) is 0 Å². The maximum atomic E-state index is 12.0. The van der Waals surface area contributed by atoms with Gasteiger partial charge in [0.05, 0.1) is 19.7 Å². The van der Waals surface area contributed by atoms with Crippen molar-refractivity contribution in [1.82, 2.24) is 15.5 Å². The first-order chi connectivity index (χ1) is 13.7. The lowest BCUT2D eigenvalue weighted by atomic mass is 10.2. The molecule has 0 saturated carbocycles. The van der Waals surface area contributed by atoms with Crippen molar-refractivity contribution in [3.8, 4) is 11.5 Å². The summed E-state index contributed by atoms with van der Waals surface area (Å²) in [5, 5.41) is 6.28. The number of ether oxygens (including phenoxy) is 3. The first-order valence-corrected chi connectivity index (χ1v) is 9.96. The molecule has 1 amide bonds. The standard InChI is InChI=1S/C21H34N4O4/c1-15(28-18-9-7-17(27-6)8-10-18)13-23-19(22-5)25-12-11-16(14-25)24-20(26)29-21(2,3)4/h7-10,15-16H,11-14H2,1-6H3,(H,22,23)(H,24,26). The molecule has 29 heavy (non-hydrogen) atoms. The van der Waals surface area contributed by atoms with E-state index in [1.165, 1.54) is 0 Å². The van der Waals surface area contributed by atoms with E-state index < -0.39 is 5.60 Å². The van der Waals surface area contributed by atoms with Crippen molar-refractivity contribution in [3.63, 3.8) is 0 Å². The van der Waals surface area contributed by atoms with E-state index in [1.54, 1.807) is 14.2 Å². The lowest BCUT2D eigenvalue weighted by molar-refractivity contribution is 0.0507. The van der Waals surface area contributed by atoms with E-state index in [1.807, 2.05) is 52.0 Å². The predicted octanol–water partition coefficient (Wildman–Crippen LogP) is 2.64. The molecule has 0 spiro atoms. The molecule has 8 heteroatoms. The van der Waals surface area contributed by atoms with E-state index >= 15 is 0 Å². The van der Waals surface area contributed by atoms with Crippen molar-refractivity contribution < 1.29 is 19.0 Å². The summed E-state index contributed by atoms with van der Waals surface area (Å²) in [5.41, 5.74) is -0.500.